The summed E-state index contributed by atoms with van der Waals surface area (Å²) < 4.78 is 0. The van der Waals surface area contributed by atoms with E-state index in [9.17, 15) is 4.79 Å². The first-order valence-corrected chi connectivity index (χ1v) is 6.97. The first-order valence-electron chi connectivity index (χ1n) is 6.97. The largest absolute Gasteiger partial charge is 1.00 e. The van der Waals surface area contributed by atoms with Crippen LogP contribution in [0.5, 0.6) is 0 Å². The molecule has 4 rings (SSSR count). The van der Waals surface area contributed by atoms with E-state index in [1.165, 1.54) is 0 Å². The number of carbonyl (C=O) groups excluding carboxylic acids is 1. The molecule has 0 aromatic heterocycles. The first-order chi connectivity index (χ1) is 9.33. The average Bonchev–Trinajstić information content (AvgIpc) is 3.03. The summed E-state index contributed by atoms with van der Waals surface area (Å²) in [7, 11) is 0. The van der Waals surface area contributed by atoms with E-state index in [-0.39, 0.29) is 12.4 Å². The lowest BCUT2D eigenvalue weighted by molar-refractivity contribution is -0.682. The van der Waals surface area contributed by atoms with Gasteiger partial charge in [0.1, 0.15) is 11.9 Å². The van der Waals surface area contributed by atoms with Crippen LogP contribution in [0.25, 0.3) is 0 Å². The Hall–Kier alpha value is -1.46. The summed E-state index contributed by atoms with van der Waals surface area (Å²) in [6, 6.07) is 0.489. The normalized spacial score (nSPS) is 34.3. The first kappa shape index (κ1) is 13.5. The van der Waals surface area contributed by atoms with Crippen molar-refractivity contribution in [2.75, 3.05) is 6.54 Å². The van der Waals surface area contributed by atoms with Crippen LogP contribution < -0.4 is 17.3 Å². The van der Waals surface area contributed by atoms with E-state index in [1.54, 1.807) is 6.20 Å². The Morgan fingerprint density at radius 1 is 1.30 bits per heavy atom. The molecule has 0 radical (unpaired) electrons. The molecule has 0 spiro atoms. The van der Waals surface area contributed by atoms with E-state index in [1.807, 2.05) is 18.8 Å². The van der Waals surface area contributed by atoms with Gasteiger partial charge in [0, 0.05) is 24.9 Å². The van der Waals surface area contributed by atoms with Gasteiger partial charge in [0.05, 0.1) is 12.4 Å². The molecule has 106 valence electrons. The van der Waals surface area contributed by atoms with E-state index in [0.29, 0.717) is 17.9 Å². The second kappa shape index (κ2) is 5.14. The quantitative estimate of drug-likeness (QED) is 0.553. The molecule has 2 fully saturated rings. The molecule has 4 heterocycles. The van der Waals surface area contributed by atoms with Gasteiger partial charge in [-0.1, -0.05) is 0 Å². The summed E-state index contributed by atoms with van der Waals surface area (Å²) in [5.74, 6) is 0.698. The Balaban J connectivity index is 0.00000121. The molecule has 0 saturated carbocycles. The molecule has 0 bridgehead atoms. The maximum absolute atomic E-state index is 11.9. The Bertz CT molecular complexity index is 551. The van der Waals surface area contributed by atoms with Crippen LogP contribution in [0, 0.1) is 5.92 Å². The Morgan fingerprint density at radius 2 is 2.20 bits per heavy atom. The van der Waals surface area contributed by atoms with Gasteiger partial charge in [-0.05, 0) is 19.3 Å². The number of halogens is 1. The fraction of sp³-hybridized carbons (Fsp3) is 0.500. The number of piperidine rings is 1. The molecular weight excluding hydrogens is 276 g/mol. The van der Waals surface area contributed by atoms with Crippen molar-refractivity contribution >= 4 is 18.5 Å². The van der Waals surface area contributed by atoms with Crippen molar-refractivity contribution in [3.63, 3.8) is 0 Å². The predicted molar refractivity (Wildman–Crippen MR) is 71.6 cm³/mol. The smallest absolute Gasteiger partial charge is 0.222 e. The van der Waals surface area contributed by atoms with Crippen LogP contribution in [0.3, 0.4) is 0 Å². The molecule has 0 aromatic carbocycles. The molecule has 2 saturated heterocycles. The van der Waals surface area contributed by atoms with Gasteiger partial charge in [-0.2, -0.15) is 0 Å². The lowest BCUT2D eigenvalue weighted by atomic mass is 9.90. The van der Waals surface area contributed by atoms with Crippen LogP contribution in [0.2, 0.25) is 0 Å². The highest BCUT2D eigenvalue weighted by Gasteiger charge is 2.40. The van der Waals surface area contributed by atoms with Crippen LogP contribution in [0.4, 0.5) is 0 Å². The number of hydrogen-bond donors (Lipinski definition) is 1. The van der Waals surface area contributed by atoms with Crippen LogP contribution in [-0.4, -0.2) is 35.9 Å². The molecule has 4 aliphatic rings. The minimum Gasteiger partial charge on any atom is -1.00 e. The number of rotatable bonds is 1. The maximum Gasteiger partial charge on any atom is 0.222 e. The summed E-state index contributed by atoms with van der Waals surface area (Å²) in [5.41, 5.74) is 2.28. The molecular formula is C14H17ClN4O. The highest BCUT2D eigenvalue weighted by molar-refractivity contribution is 5.82. The SMILES string of the molecule is O=C1CC[C@@H]2CCC(C3=C4C=NC=C[NH+]4C=N3)CN12.[Cl-]. The zero-order chi connectivity index (χ0) is 12.8. The van der Waals surface area contributed by atoms with Crippen LogP contribution in [-0.2, 0) is 4.79 Å². The van der Waals surface area contributed by atoms with Gasteiger partial charge < -0.3 is 17.3 Å². The van der Waals surface area contributed by atoms with Crippen molar-refractivity contribution in [1.82, 2.24) is 4.90 Å². The average molecular weight is 293 g/mol. The fourth-order valence-electron chi connectivity index (χ4n) is 3.56. The van der Waals surface area contributed by atoms with Gasteiger partial charge in [-0.15, -0.1) is 0 Å². The minimum atomic E-state index is 0. The van der Waals surface area contributed by atoms with Crippen molar-refractivity contribution in [3.05, 3.63) is 23.8 Å². The van der Waals surface area contributed by atoms with Crippen LogP contribution >= 0.6 is 0 Å². The third kappa shape index (κ3) is 2.01. The van der Waals surface area contributed by atoms with Gasteiger partial charge in [-0.25, -0.2) is 9.89 Å². The van der Waals surface area contributed by atoms with Crippen molar-refractivity contribution in [2.24, 2.45) is 15.9 Å². The Labute approximate surface area is 124 Å². The number of amides is 1. The van der Waals surface area contributed by atoms with Gasteiger partial charge in [-0.3, -0.25) is 9.79 Å². The molecule has 2 unspecified atom stereocenters. The number of allylic oxidation sites excluding steroid dienone is 1. The predicted octanol–water partition coefficient (Wildman–Crippen LogP) is -2.91. The van der Waals surface area contributed by atoms with Gasteiger partial charge in [0.15, 0.2) is 12.0 Å². The molecule has 3 atom stereocenters. The molecule has 20 heavy (non-hydrogen) atoms. The van der Waals surface area contributed by atoms with Gasteiger partial charge in [0.25, 0.3) is 0 Å². The Morgan fingerprint density at radius 3 is 3.10 bits per heavy atom. The van der Waals surface area contributed by atoms with Crippen LogP contribution in [0.15, 0.2) is 33.8 Å². The molecule has 6 heteroatoms. The van der Waals surface area contributed by atoms with Gasteiger partial charge in [0.2, 0.25) is 5.91 Å². The zero-order valence-electron chi connectivity index (χ0n) is 11.1. The number of carbonyl (C=O) groups is 1. The van der Waals surface area contributed by atoms with Crippen molar-refractivity contribution < 1.29 is 22.1 Å². The van der Waals surface area contributed by atoms with E-state index in [0.717, 1.165) is 48.5 Å². The Kier molecular flexibility index (Phi) is 3.48. The zero-order valence-corrected chi connectivity index (χ0v) is 11.9. The number of quaternary nitrogens is 1. The third-order valence-corrected chi connectivity index (χ3v) is 4.58. The van der Waals surface area contributed by atoms with E-state index in [4.69, 9.17) is 0 Å². The fourth-order valence-corrected chi connectivity index (χ4v) is 3.56. The standard InChI is InChI=1S/C14H16N4O.ClH/c19-13-4-3-11-2-1-10(8-18(11)13)14-12-7-15-5-6-17(12)9-16-14;/h5-7,9-11H,1-4,8H2;1H/t10?,11-;/m0./s1. The lowest BCUT2D eigenvalue weighted by Gasteiger charge is -2.34. The van der Waals surface area contributed by atoms with Crippen molar-refractivity contribution in [3.8, 4) is 0 Å². The second-order valence-electron chi connectivity index (χ2n) is 5.62. The van der Waals surface area contributed by atoms with Crippen LogP contribution in [0.1, 0.15) is 25.7 Å². The van der Waals surface area contributed by atoms with Crippen molar-refractivity contribution in [1.29, 1.82) is 0 Å². The topological polar surface area (TPSA) is 49.5 Å². The summed E-state index contributed by atoms with van der Waals surface area (Å²) in [4.78, 5) is 23.9. The van der Waals surface area contributed by atoms with Crippen molar-refractivity contribution in [2.45, 2.75) is 31.7 Å². The highest BCUT2D eigenvalue weighted by atomic mass is 35.5. The number of fused-ring (bicyclic) bond motifs is 2. The minimum absolute atomic E-state index is 0. The summed E-state index contributed by atoms with van der Waals surface area (Å²) >= 11 is 0. The number of aliphatic imine (C=N–C) groups is 2. The monoisotopic (exact) mass is 292 g/mol. The molecule has 0 aromatic rings. The maximum atomic E-state index is 11.9. The number of nitrogens with one attached hydrogen (secondary N) is 1. The van der Waals surface area contributed by atoms with E-state index >= 15 is 0 Å². The molecule has 0 aliphatic carbocycles. The molecule has 1 amide bonds. The summed E-state index contributed by atoms with van der Waals surface area (Å²) in [5, 5.41) is 0. The molecule has 1 N–H and O–H groups in total. The van der Waals surface area contributed by atoms with E-state index < -0.39 is 0 Å². The molecule has 5 nitrogen and oxygen atoms in total. The second-order valence-corrected chi connectivity index (χ2v) is 5.62. The number of nitrogens with zero attached hydrogens (tertiary/aromatic N) is 3. The lowest BCUT2D eigenvalue weighted by Crippen LogP contribution is -3.04. The third-order valence-electron chi connectivity index (χ3n) is 4.58. The highest BCUT2D eigenvalue weighted by Crippen LogP contribution is 2.34. The molecule has 4 aliphatic heterocycles. The summed E-state index contributed by atoms with van der Waals surface area (Å²) in [6.07, 6.45) is 11.6. The number of hydrogen-bond acceptors (Lipinski definition) is 3. The summed E-state index contributed by atoms with van der Waals surface area (Å²) in [6.45, 7) is 0.838. The van der Waals surface area contributed by atoms with Gasteiger partial charge >= 0.3 is 0 Å². The van der Waals surface area contributed by atoms with E-state index in [2.05, 4.69) is 14.9 Å².